The third-order valence-corrected chi connectivity index (χ3v) is 4.08. The van der Waals surface area contributed by atoms with Gasteiger partial charge in [0.1, 0.15) is 0 Å². The Morgan fingerprint density at radius 1 is 1.56 bits per heavy atom. The molecule has 1 aromatic rings. The van der Waals surface area contributed by atoms with E-state index >= 15 is 0 Å². The second-order valence-electron chi connectivity index (χ2n) is 4.80. The molecule has 1 aromatic carbocycles. The van der Waals surface area contributed by atoms with Gasteiger partial charge < -0.3 is 10.6 Å². The summed E-state index contributed by atoms with van der Waals surface area (Å²) in [4.78, 5) is 14.2. The molecule has 0 aromatic heterocycles. The van der Waals surface area contributed by atoms with Crippen molar-refractivity contribution in [2.24, 2.45) is 5.73 Å². The average Bonchev–Trinajstić information content (AvgIpc) is 2.73. The van der Waals surface area contributed by atoms with Gasteiger partial charge in [-0.25, -0.2) is 0 Å². The third-order valence-electron chi connectivity index (χ3n) is 3.43. The number of carbonyl (C=O) groups is 1. The van der Waals surface area contributed by atoms with Gasteiger partial charge in [0.05, 0.1) is 6.04 Å². The maximum atomic E-state index is 12.4. The second kappa shape index (κ2) is 5.76. The lowest BCUT2D eigenvalue weighted by Gasteiger charge is -2.21. The van der Waals surface area contributed by atoms with Crippen molar-refractivity contribution in [2.75, 3.05) is 23.5 Å². The standard InChI is InChI=1S/C14H20N2OS/c1-10-9-16(13-6-4-3-5-11(10)13)14(17)12(15)7-8-18-2/h3-6,10,12H,7-9,15H2,1-2H3. The van der Waals surface area contributed by atoms with Gasteiger partial charge in [0.25, 0.3) is 0 Å². The zero-order chi connectivity index (χ0) is 13.1. The van der Waals surface area contributed by atoms with Crippen LogP contribution in [0.1, 0.15) is 24.8 Å². The first-order chi connectivity index (χ1) is 8.65. The number of amides is 1. The molecule has 18 heavy (non-hydrogen) atoms. The van der Waals surface area contributed by atoms with E-state index in [1.54, 1.807) is 11.8 Å². The van der Waals surface area contributed by atoms with E-state index in [1.165, 1.54) is 5.56 Å². The van der Waals surface area contributed by atoms with E-state index < -0.39 is 0 Å². The highest BCUT2D eigenvalue weighted by Crippen LogP contribution is 2.35. The summed E-state index contributed by atoms with van der Waals surface area (Å²) >= 11 is 1.73. The van der Waals surface area contributed by atoms with Gasteiger partial charge in [-0.1, -0.05) is 25.1 Å². The van der Waals surface area contributed by atoms with Crippen LogP contribution in [0.2, 0.25) is 0 Å². The van der Waals surface area contributed by atoms with Gasteiger partial charge in [-0.2, -0.15) is 11.8 Å². The maximum Gasteiger partial charge on any atom is 0.243 e. The van der Waals surface area contributed by atoms with Crippen molar-refractivity contribution in [3.63, 3.8) is 0 Å². The zero-order valence-corrected chi connectivity index (χ0v) is 11.7. The highest BCUT2D eigenvalue weighted by Gasteiger charge is 2.31. The number of thioether (sulfide) groups is 1. The molecule has 2 N–H and O–H groups in total. The number of fused-ring (bicyclic) bond motifs is 1. The minimum atomic E-state index is -0.379. The van der Waals surface area contributed by atoms with Crippen LogP contribution in [0.3, 0.4) is 0 Å². The molecule has 2 rings (SSSR count). The largest absolute Gasteiger partial charge is 0.320 e. The molecule has 0 saturated heterocycles. The molecule has 0 spiro atoms. The Balaban J connectivity index is 2.13. The van der Waals surface area contributed by atoms with Crippen molar-refractivity contribution >= 4 is 23.4 Å². The Hall–Kier alpha value is -1.00. The van der Waals surface area contributed by atoms with Crippen LogP contribution in [0.4, 0.5) is 5.69 Å². The molecule has 2 unspecified atom stereocenters. The monoisotopic (exact) mass is 264 g/mol. The van der Waals surface area contributed by atoms with Crippen LogP contribution in [0.5, 0.6) is 0 Å². The van der Waals surface area contributed by atoms with E-state index in [9.17, 15) is 4.79 Å². The lowest BCUT2D eigenvalue weighted by Crippen LogP contribution is -2.43. The van der Waals surface area contributed by atoms with E-state index in [1.807, 2.05) is 29.4 Å². The number of hydrogen-bond donors (Lipinski definition) is 1. The first-order valence-electron chi connectivity index (χ1n) is 6.30. The molecule has 0 aliphatic carbocycles. The van der Waals surface area contributed by atoms with Crippen LogP contribution in [-0.4, -0.2) is 30.5 Å². The SMILES string of the molecule is CSCCC(N)C(=O)N1CC(C)c2ccccc21. The zero-order valence-electron chi connectivity index (χ0n) is 10.9. The Labute approximate surface area is 113 Å². The lowest BCUT2D eigenvalue weighted by atomic mass is 10.0. The number of para-hydroxylation sites is 1. The van der Waals surface area contributed by atoms with E-state index in [2.05, 4.69) is 13.0 Å². The summed E-state index contributed by atoms with van der Waals surface area (Å²) in [6.07, 6.45) is 2.78. The Morgan fingerprint density at radius 2 is 2.28 bits per heavy atom. The summed E-state index contributed by atoms with van der Waals surface area (Å²) in [5, 5.41) is 0. The summed E-state index contributed by atoms with van der Waals surface area (Å²) in [6.45, 7) is 2.91. The maximum absolute atomic E-state index is 12.4. The molecular formula is C14H20N2OS. The first-order valence-corrected chi connectivity index (χ1v) is 7.69. The highest BCUT2D eigenvalue weighted by molar-refractivity contribution is 7.98. The smallest absolute Gasteiger partial charge is 0.243 e. The molecule has 98 valence electrons. The summed E-state index contributed by atoms with van der Waals surface area (Å²) in [5.41, 5.74) is 8.27. The van der Waals surface area contributed by atoms with Gasteiger partial charge >= 0.3 is 0 Å². The fourth-order valence-corrected chi connectivity index (χ4v) is 2.89. The van der Waals surface area contributed by atoms with Crippen molar-refractivity contribution in [3.8, 4) is 0 Å². The van der Waals surface area contributed by atoms with Gasteiger partial charge in [-0.05, 0) is 30.1 Å². The molecule has 4 heteroatoms. The fraction of sp³-hybridized carbons (Fsp3) is 0.500. The van der Waals surface area contributed by atoms with Crippen molar-refractivity contribution in [3.05, 3.63) is 29.8 Å². The molecule has 1 aliphatic heterocycles. The second-order valence-corrected chi connectivity index (χ2v) is 5.78. The van der Waals surface area contributed by atoms with E-state index in [-0.39, 0.29) is 11.9 Å². The minimum Gasteiger partial charge on any atom is -0.320 e. The molecule has 1 aliphatic rings. The number of benzene rings is 1. The van der Waals surface area contributed by atoms with Crippen LogP contribution in [0.15, 0.2) is 24.3 Å². The topological polar surface area (TPSA) is 46.3 Å². The summed E-state index contributed by atoms with van der Waals surface area (Å²) in [5.74, 6) is 1.39. The van der Waals surface area contributed by atoms with Crippen LogP contribution >= 0.6 is 11.8 Å². The van der Waals surface area contributed by atoms with Gasteiger partial charge in [0, 0.05) is 18.2 Å². The summed E-state index contributed by atoms with van der Waals surface area (Å²) in [7, 11) is 0. The number of hydrogen-bond acceptors (Lipinski definition) is 3. The van der Waals surface area contributed by atoms with Crippen LogP contribution in [0, 0.1) is 0 Å². The molecule has 2 atom stereocenters. The Morgan fingerprint density at radius 3 is 3.00 bits per heavy atom. The fourth-order valence-electron chi connectivity index (χ4n) is 2.40. The molecule has 1 amide bonds. The van der Waals surface area contributed by atoms with Gasteiger partial charge in [-0.15, -0.1) is 0 Å². The minimum absolute atomic E-state index is 0.0563. The van der Waals surface area contributed by atoms with Crippen LogP contribution < -0.4 is 10.6 Å². The average molecular weight is 264 g/mol. The van der Waals surface area contributed by atoms with Gasteiger partial charge in [-0.3, -0.25) is 4.79 Å². The number of anilines is 1. The molecule has 3 nitrogen and oxygen atoms in total. The number of nitrogens with zero attached hydrogens (tertiary/aromatic N) is 1. The number of nitrogens with two attached hydrogens (primary N) is 1. The first kappa shape index (κ1) is 13.4. The lowest BCUT2D eigenvalue weighted by molar-refractivity contribution is -0.119. The van der Waals surface area contributed by atoms with Crippen molar-refractivity contribution in [2.45, 2.75) is 25.3 Å². The van der Waals surface area contributed by atoms with Crippen LogP contribution in [-0.2, 0) is 4.79 Å². The van der Waals surface area contributed by atoms with Crippen molar-refractivity contribution < 1.29 is 4.79 Å². The molecule has 0 saturated carbocycles. The molecule has 1 heterocycles. The molecule has 0 bridgehead atoms. The van der Waals surface area contributed by atoms with E-state index in [0.29, 0.717) is 5.92 Å². The number of carbonyl (C=O) groups excluding carboxylic acids is 1. The summed E-state index contributed by atoms with van der Waals surface area (Å²) < 4.78 is 0. The Kier molecular flexibility index (Phi) is 4.30. The predicted molar refractivity (Wildman–Crippen MR) is 78.2 cm³/mol. The third kappa shape index (κ3) is 2.54. The number of rotatable bonds is 4. The van der Waals surface area contributed by atoms with E-state index in [4.69, 9.17) is 5.73 Å². The normalized spacial score (nSPS) is 19.7. The van der Waals surface area contributed by atoms with Crippen molar-refractivity contribution in [1.29, 1.82) is 0 Å². The van der Waals surface area contributed by atoms with Crippen molar-refractivity contribution in [1.82, 2.24) is 0 Å². The highest BCUT2D eigenvalue weighted by atomic mass is 32.2. The van der Waals surface area contributed by atoms with Gasteiger partial charge in [0.2, 0.25) is 5.91 Å². The molecular weight excluding hydrogens is 244 g/mol. The summed E-state index contributed by atoms with van der Waals surface area (Å²) in [6, 6.07) is 7.73. The predicted octanol–water partition coefficient (Wildman–Crippen LogP) is 2.22. The van der Waals surface area contributed by atoms with Crippen LogP contribution in [0.25, 0.3) is 0 Å². The Bertz CT molecular complexity index is 436. The molecule has 0 radical (unpaired) electrons. The molecule has 0 fully saturated rings. The van der Waals surface area contributed by atoms with Gasteiger partial charge in [0.15, 0.2) is 0 Å². The quantitative estimate of drug-likeness (QED) is 0.907. The van der Waals surface area contributed by atoms with E-state index in [0.717, 1.165) is 24.4 Å².